The molecule has 0 unspecified atom stereocenters. The predicted molar refractivity (Wildman–Crippen MR) is 152 cm³/mol. The number of aromatic nitrogens is 4. The Labute approximate surface area is 241 Å². The molecule has 0 fully saturated rings. The van der Waals surface area contributed by atoms with Crippen molar-refractivity contribution in [3.05, 3.63) is 94.8 Å². The number of carbonyl (C=O) groups is 2. The van der Waals surface area contributed by atoms with Crippen molar-refractivity contribution < 1.29 is 22.8 Å². The molecular formula is C28H23F3N6O2S2. The first-order valence-corrected chi connectivity index (χ1v) is 14.2. The van der Waals surface area contributed by atoms with E-state index in [0.717, 1.165) is 50.9 Å². The molecule has 0 bridgehead atoms. The summed E-state index contributed by atoms with van der Waals surface area (Å²) < 4.78 is 43.0. The number of anilines is 1. The number of halogens is 3. The number of fused-ring (bicyclic) bond motifs is 1. The quantitative estimate of drug-likeness (QED) is 0.208. The molecule has 2 N–H and O–H groups in total. The van der Waals surface area contributed by atoms with Crippen molar-refractivity contribution in [1.82, 2.24) is 25.1 Å². The molecule has 0 aliphatic carbocycles. The minimum atomic E-state index is -4.68. The lowest BCUT2D eigenvalue weighted by Gasteiger charge is -2.15. The summed E-state index contributed by atoms with van der Waals surface area (Å²) in [5, 5.41) is 14.7. The van der Waals surface area contributed by atoms with Crippen LogP contribution in [0.5, 0.6) is 0 Å². The second-order valence-corrected chi connectivity index (χ2v) is 11.0. The first kappa shape index (κ1) is 28.3. The lowest BCUT2D eigenvalue weighted by atomic mass is 10.1. The number of alkyl halides is 3. The topological polar surface area (TPSA) is 102 Å². The molecule has 0 radical (unpaired) electrons. The van der Waals surface area contributed by atoms with E-state index in [-0.39, 0.29) is 18.2 Å². The summed E-state index contributed by atoms with van der Waals surface area (Å²) in [7, 11) is 0. The van der Waals surface area contributed by atoms with Gasteiger partial charge in [0.1, 0.15) is 0 Å². The number of nitrogens with zero attached hydrogens (tertiary/aromatic N) is 4. The largest absolute Gasteiger partial charge is 0.417 e. The van der Waals surface area contributed by atoms with Gasteiger partial charge in [0.15, 0.2) is 16.1 Å². The van der Waals surface area contributed by atoms with Crippen molar-refractivity contribution in [1.29, 1.82) is 0 Å². The molecule has 0 aliphatic rings. The van der Waals surface area contributed by atoms with Crippen molar-refractivity contribution in [2.24, 2.45) is 0 Å². The van der Waals surface area contributed by atoms with Crippen molar-refractivity contribution >= 4 is 50.3 Å². The molecule has 0 spiro atoms. The summed E-state index contributed by atoms with van der Waals surface area (Å²) in [4.78, 5) is 30.0. The van der Waals surface area contributed by atoms with Gasteiger partial charge in [0.25, 0.3) is 5.91 Å². The first-order chi connectivity index (χ1) is 19.6. The molecule has 2 amide bonds. The normalized spacial score (nSPS) is 11.5. The molecule has 41 heavy (non-hydrogen) atoms. The Balaban J connectivity index is 1.36. The van der Waals surface area contributed by atoms with Crippen LogP contribution in [0.4, 0.5) is 18.3 Å². The number of aryl methyl sites for hydroxylation is 1. The van der Waals surface area contributed by atoms with Gasteiger partial charge >= 0.3 is 6.18 Å². The first-order valence-electron chi connectivity index (χ1n) is 12.4. The molecule has 0 saturated carbocycles. The molecule has 8 nitrogen and oxygen atoms in total. The summed E-state index contributed by atoms with van der Waals surface area (Å²) in [5.41, 5.74) is 1.92. The van der Waals surface area contributed by atoms with Gasteiger partial charge in [0, 0.05) is 0 Å². The minimum Gasteiger partial charge on any atom is -0.345 e. The van der Waals surface area contributed by atoms with Gasteiger partial charge in [0.2, 0.25) is 5.91 Å². The van der Waals surface area contributed by atoms with Crippen molar-refractivity contribution in [3.8, 4) is 5.69 Å². The summed E-state index contributed by atoms with van der Waals surface area (Å²) in [6, 6.07) is 17.8. The monoisotopic (exact) mass is 596 g/mol. The number of thioether (sulfide) groups is 1. The second-order valence-electron chi connectivity index (χ2n) is 9.00. The van der Waals surface area contributed by atoms with Gasteiger partial charge in [-0.05, 0) is 55.3 Å². The Morgan fingerprint density at radius 2 is 1.73 bits per heavy atom. The van der Waals surface area contributed by atoms with E-state index in [1.807, 2.05) is 56.3 Å². The average molecular weight is 597 g/mol. The van der Waals surface area contributed by atoms with Gasteiger partial charge in [-0.3, -0.25) is 14.2 Å². The third-order valence-electron chi connectivity index (χ3n) is 6.27. The molecule has 5 aromatic rings. The summed E-state index contributed by atoms with van der Waals surface area (Å²) in [6.45, 7) is 3.67. The van der Waals surface area contributed by atoms with Crippen LogP contribution in [0.25, 0.3) is 15.9 Å². The zero-order valence-electron chi connectivity index (χ0n) is 21.8. The Bertz CT molecular complexity index is 1720. The van der Waals surface area contributed by atoms with Crippen LogP contribution < -0.4 is 10.6 Å². The van der Waals surface area contributed by atoms with Crippen molar-refractivity contribution in [2.45, 2.75) is 31.7 Å². The molecule has 210 valence electrons. The molecule has 3 aromatic carbocycles. The summed E-state index contributed by atoms with van der Waals surface area (Å²) >= 11 is 2.51. The number of para-hydroxylation sites is 1. The molecule has 2 aromatic heterocycles. The number of carbonyl (C=O) groups excluding carboxylic acids is 2. The SMILES string of the molecule is Cc1cccc(-n2c(CNC(=O)c3ccccc3C(F)(F)F)nnc2SCC(=O)Nc2nc3ccccc3s2)c1C. The lowest BCUT2D eigenvalue weighted by Crippen LogP contribution is -2.27. The number of thiazole rings is 1. The molecular weight excluding hydrogens is 573 g/mol. The van der Waals surface area contributed by atoms with Crippen LogP contribution in [0.15, 0.2) is 71.9 Å². The van der Waals surface area contributed by atoms with E-state index in [1.54, 1.807) is 4.57 Å². The Morgan fingerprint density at radius 1 is 0.976 bits per heavy atom. The second kappa shape index (κ2) is 11.7. The average Bonchev–Trinajstić information content (AvgIpc) is 3.54. The maximum Gasteiger partial charge on any atom is 0.417 e. The van der Waals surface area contributed by atoms with Crippen LogP contribution in [0.2, 0.25) is 0 Å². The van der Waals surface area contributed by atoms with E-state index < -0.39 is 23.2 Å². The molecule has 0 aliphatic heterocycles. The number of benzene rings is 3. The molecule has 5 rings (SSSR count). The number of hydrogen-bond donors (Lipinski definition) is 2. The molecule has 13 heteroatoms. The fourth-order valence-electron chi connectivity index (χ4n) is 4.12. The number of amides is 2. The van der Waals surface area contributed by atoms with Gasteiger partial charge in [-0.15, -0.1) is 10.2 Å². The zero-order chi connectivity index (χ0) is 29.1. The predicted octanol–water partition coefficient (Wildman–Crippen LogP) is 6.17. The number of rotatable bonds is 8. The van der Waals surface area contributed by atoms with Crippen LogP contribution in [-0.2, 0) is 17.5 Å². The third kappa shape index (κ3) is 6.25. The third-order valence-corrected chi connectivity index (χ3v) is 8.15. The van der Waals surface area contributed by atoms with Gasteiger partial charge in [-0.1, -0.05) is 59.5 Å². The van der Waals surface area contributed by atoms with Crippen molar-refractivity contribution in [3.63, 3.8) is 0 Å². The van der Waals surface area contributed by atoms with Gasteiger partial charge < -0.3 is 10.6 Å². The Kier molecular flexibility index (Phi) is 8.08. The van der Waals surface area contributed by atoms with Crippen LogP contribution >= 0.6 is 23.1 Å². The smallest absolute Gasteiger partial charge is 0.345 e. The van der Waals surface area contributed by atoms with Crippen LogP contribution in [0.3, 0.4) is 0 Å². The summed E-state index contributed by atoms with van der Waals surface area (Å²) in [5.74, 6) is -0.879. The number of nitrogens with one attached hydrogen (secondary N) is 2. The molecule has 2 heterocycles. The maximum atomic E-state index is 13.4. The fraction of sp³-hybridized carbons (Fsp3) is 0.179. The van der Waals surface area contributed by atoms with E-state index in [1.165, 1.54) is 23.5 Å². The van der Waals surface area contributed by atoms with Gasteiger partial charge in [0.05, 0.1) is 39.3 Å². The summed E-state index contributed by atoms with van der Waals surface area (Å²) in [6.07, 6.45) is -4.68. The van der Waals surface area contributed by atoms with Crippen molar-refractivity contribution in [2.75, 3.05) is 11.1 Å². The van der Waals surface area contributed by atoms with E-state index in [0.29, 0.717) is 16.1 Å². The number of hydrogen-bond acceptors (Lipinski definition) is 7. The highest BCUT2D eigenvalue weighted by Crippen LogP contribution is 2.32. The Hall–Kier alpha value is -4.23. The maximum absolute atomic E-state index is 13.4. The highest BCUT2D eigenvalue weighted by Gasteiger charge is 2.35. The van der Waals surface area contributed by atoms with E-state index in [4.69, 9.17) is 0 Å². The highest BCUT2D eigenvalue weighted by atomic mass is 32.2. The van der Waals surface area contributed by atoms with Gasteiger partial charge in [-0.25, -0.2) is 4.98 Å². The van der Waals surface area contributed by atoms with Crippen LogP contribution in [-0.4, -0.2) is 37.3 Å². The Morgan fingerprint density at radius 3 is 2.51 bits per heavy atom. The fourth-order valence-corrected chi connectivity index (χ4v) is 5.77. The van der Waals surface area contributed by atoms with Crippen LogP contribution in [0.1, 0.15) is 32.9 Å². The van der Waals surface area contributed by atoms with E-state index in [9.17, 15) is 22.8 Å². The zero-order valence-corrected chi connectivity index (χ0v) is 23.5. The van der Waals surface area contributed by atoms with Gasteiger partial charge in [-0.2, -0.15) is 13.2 Å². The van der Waals surface area contributed by atoms with E-state index in [2.05, 4.69) is 25.8 Å². The lowest BCUT2D eigenvalue weighted by molar-refractivity contribution is -0.138. The molecule has 0 saturated heterocycles. The van der Waals surface area contributed by atoms with Crippen LogP contribution in [0, 0.1) is 13.8 Å². The molecule has 0 atom stereocenters. The standard InChI is InChI=1S/C28H23F3N6O2S2/c1-16-8-7-12-21(17(16)2)37-23(14-32-25(39)18-9-3-4-10-19(18)28(29,30)31)35-36-27(37)40-15-24(38)34-26-33-20-11-5-6-13-22(20)41-26/h3-13H,14-15H2,1-2H3,(H,32,39)(H,33,34,38). The van der Waals surface area contributed by atoms with E-state index >= 15 is 0 Å². The highest BCUT2D eigenvalue weighted by molar-refractivity contribution is 7.99. The minimum absolute atomic E-state index is 0.00421.